The van der Waals surface area contributed by atoms with Gasteiger partial charge in [-0.2, -0.15) is 0 Å². The molecule has 6 heteroatoms. The number of esters is 1. The summed E-state index contributed by atoms with van der Waals surface area (Å²) in [5, 5.41) is 12.9. The highest BCUT2D eigenvalue weighted by Crippen LogP contribution is 2.38. The van der Waals surface area contributed by atoms with Gasteiger partial charge in [-0.3, -0.25) is 14.9 Å². The molecule has 6 nitrogen and oxygen atoms in total. The number of non-ortho nitro benzene ring substituents is 1. The highest BCUT2D eigenvalue weighted by atomic mass is 16.6. The zero-order valence-corrected chi connectivity index (χ0v) is 14.8. The van der Waals surface area contributed by atoms with Crippen molar-refractivity contribution in [2.45, 2.75) is 13.8 Å². The summed E-state index contributed by atoms with van der Waals surface area (Å²) < 4.78 is 7.46. The van der Waals surface area contributed by atoms with Crippen molar-refractivity contribution in [1.29, 1.82) is 0 Å². The lowest BCUT2D eigenvalue weighted by atomic mass is 10.1. The SMILES string of the molecule is CC(=O)Oc1cccc2c1c1ccccc1n2-c1ccc([N+](=O)[O-])cc1C. The Hall–Kier alpha value is -3.67. The first-order chi connectivity index (χ1) is 13.0. The quantitative estimate of drug-likeness (QED) is 0.225. The maximum Gasteiger partial charge on any atom is 0.308 e. The van der Waals surface area contributed by atoms with Crippen molar-refractivity contribution in [1.82, 2.24) is 4.57 Å². The summed E-state index contributed by atoms with van der Waals surface area (Å²) in [6, 6.07) is 18.2. The van der Waals surface area contributed by atoms with Crippen LogP contribution in [0.1, 0.15) is 12.5 Å². The zero-order chi connectivity index (χ0) is 19.1. The first-order valence-corrected chi connectivity index (χ1v) is 8.43. The molecule has 134 valence electrons. The van der Waals surface area contributed by atoms with Gasteiger partial charge in [0.15, 0.2) is 0 Å². The molecule has 0 saturated heterocycles. The Morgan fingerprint density at radius 3 is 2.48 bits per heavy atom. The van der Waals surface area contributed by atoms with Gasteiger partial charge in [0, 0.05) is 30.1 Å². The normalized spacial score (nSPS) is 11.0. The van der Waals surface area contributed by atoms with Gasteiger partial charge in [-0.25, -0.2) is 0 Å². The van der Waals surface area contributed by atoms with Crippen LogP contribution in [0.5, 0.6) is 5.75 Å². The third kappa shape index (κ3) is 2.71. The molecule has 0 aliphatic carbocycles. The molecule has 3 aromatic carbocycles. The van der Waals surface area contributed by atoms with Crippen molar-refractivity contribution in [3.63, 3.8) is 0 Å². The third-order valence-corrected chi connectivity index (χ3v) is 4.55. The maximum atomic E-state index is 11.5. The number of hydrogen-bond acceptors (Lipinski definition) is 4. The van der Waals surface area contributed by atoms with Crippen molar-refractivity contribution in [2.75, 3.05) is 0 Å². The Bertz CT molecular complexity index is 1220. The van der Waals surface area contributed by atoms with Crippen LogP contribution in [0.4, 0.5) is 5.69 Å². The Labute approximate surface area is 154 Å². The van der Waals surface area contributed by atoms with Crippen LogP contribution in [0.15, 0.2) is 60.7 Å². The van der Waals surface area contributed by atoms with Crippen LogP contribution in [0.25, 0.3) is 27.5 Å². The maximum absolute atomic E-state index is 11.5. The number of benzene rings is 3. The lowest BCUT2D eigenvalue weighted by Crippen LogP contribution is -2.02. The van der Waals surface area contributed by atoms with Gasteiger partial charge in [-0.05, 0) is 36.8 Å². The number of carbonyl (C=O) groups excluding carboxylic acids is 1. The number of fused-ring (bicyclic) bond motifs is 3. The summed E-state index contributed by atoms with van der Waals surface area (Å²) in [4.78, 5) is 22.2. The van der Waals surface area contributed by atoms with E-state index in [1.54, 1.807) is 18.2 Å². The summed E-state index contributed by atoms with van der Waals surface area (Å²) in [6.45, 7) is 3.22. The van der Waals surface area contributed by atoms with E-state index in [1.165, 1.54) is 13.0 Å². The van der Waals surface area contributed by atoms with Crippen molar-refractivity contribution in [3.05, 3.63) is 76.3 Å². The minimum atomic E-state index is -0.401. The van der Waals surface area contributed by atoms with E-state index in [4.69, 9.17) is 4.74 Å². The molecule has 0 amide bonds. The van der Waals surface area contributed by atoms with Crippen LogP contribution in [0, 0.1) is 17.0 Å². The number of para-hydroxylation sites is 1. The lowest BCUT2D eigenvalue weighted by Gasteiger charge is -2.11. The predicted octanol–water partition coefficient (Wildman–Crippen LogP) is 4.93. The zero-order valence-electron chi connectivity index (χ0n) is 14.8. The molecular weight excluding hydrogens is 344 g/mol. The molecule has 0 fully saturated rings. The van der Waals surface area contributed by atoms with Crippen LogP contribution in [0.3, 0.4) is 0 Å². The fourth-order valence-electron chi connectivity index (χ4n) is 3.49. The molecule has 0 spiro atoms. The van der Waals surface area contributed by atoms with E-state index in [1.807, 2.05) is 47.9 Å². The molecule has 0 bridgehead atoms. The third-order valence-electron chi connectivity index (χ3n) is 4.55. The molecule has 1 heterocycles. The number of nitrogens with zero attached hydrogens (tertiary/aromatic N) is 2. The second-order valence-corrected chi connectivity index (χ2v) is 6.32. The average molecular weight is 360 g/mol. The van der Waals surface area contributed by atoms with Crippen LogP contribution in [0.2, 0.25) is 0 Å². The van der Waals surface area contributed by atoms with Crippen LogP contribution in [-0.4, -0.2) is 15.5 Å². The molecule has 0 aliphatic heterocycles. The Morgan fingerprint density at radius 2 is 1.78 bits per heavy atom. The van der Waals surface area contributed by atoms with E-state index in [2.05, 4.69) is 0 Å². The smallest absolute Gasteiger partial charge is 0.308 e. The number of nitro benzene ring substituents is 1. The molecular formula is C21H16N2O4. The Balaban J connectivity index is 2.09. The largest absolute Gasteiger partial charge is 0.426 e. The number of aryl methyl sites for hydroxylation is 1. The Morgan fingerprint density at radius 1 is 1.04 bits per heavy atom. The molecule has 0 atom stereocenters. The summed E-state index contributed by atoms with van der Waals surface area (Å²) in [7, 11) is 0. The fourth-order valence-corrected chi connectivity index (χ4v) is 3.49. The van der Waals surface area contributed by atoms with E-state index in [-0.39, 0.29) is 11.7 Å². The van der Waals surface area contributed by atoms with Gasteiger partial charge in [-0.1, -0.05) is 24.3 Å². The topological polar surface area (TPSA) is 74.4 Å². The van der Waals surface area contributed by atoms with Crippen molar-refractivity contribution in [2.24, 2.45) is 0 Å². The summed E-state index contributed by atoms with van der Waals surface area (Å²) in [5.41, 5.74) is 3.48. The van der Waals surface area contributed by atoms with E-state index in [0.29, 0.717) is 5.75 Å². The number of carbonyl (C=O) groups is 1. The van der Waals surface area contributed by atoms with E-state index in [0.717, 1.165) is 33.1 Å². The molecule has 0 radical (unpaired) electrons. The predicted molar refractivity (Wildman–Crippen MR) is 103 cm³/mol. The number of rotatable bonds is 3. The number of aromatic nitrogens is 1. The second-order valence-electron chi connectivity index (χ2n) is 6.32. The van der Waals surface area contributed by atoms with E-state index < -0.39 is 4.92 Å². The number of nitro groups is 1. The van der Waals surface area contributed by atoms with Crippen molar-refractivity contribution < 1.29 is 14.5 Å². The van der Waals surface area contributed by atoms with Crippen LogP contribution in [-0.2, 0) is 4.79 Å². The van der Waals surface area contributed by atoms with Gasteiger partial charge in [0.1, 0.15) is 5.75 Å². The monoisotopic (exact) mass is 360 g/mol. The highest BCUT2D eigenvalue weighted by Gasteiger charge is 2.18. The van der Waals surface area contributed by atoms with Crippen LogP contribution < -0.4 is 4.74 Å². The average Bonchev–Trinajstić information content (AvgIpc) is 2.96. The van der Waals surface area contributed by atoms with Crippen LogP contribution >= 0.6 is 0 Å². The summed E-state index contributed by atoms with van der Waals surface area (Å²) in [6.07, 6.45) is 0. The van der Waals surface area contributed by atoms with Gasteiger partial charge in [0.2, 0.25) is 0 Å². The molecule has 4 rings (SSSR count). The molecule has 27 heavy (non-hydrogen) atoms. The van der Waals surface area contributed by atoms with E-state index >= 15 is 0 Å². The molecule has 0 aliphatic rings. The molecule has 0 unspecified atom stereocenters. The Kier molecular flexibility index (Phi) is 3.88. The van der Waals surface area contributed by atoms with Gasteiger partial charge >= 0.3 is 5.97 Å². The van der Waals surface area contributed by atoms with Gasteiger partial charge in [-0.15, -0.1) is 0 Å². The summed E-state index contributed by atoms with van der Waals surface area (Å²) >= 11 is 0. The standard InChI is InChI=1S/C21H16N2O4/c1-13-12-15(23(25)26)10-11-17(13)22-18-7-4-3-6-16(18)21-19(22)8-5-9-20(21)27-14(2)24/h3-12H,1-2H3. The fraction of sp³-hybridized carbons (Fsp3) is 0.0952. The lowest BCUT2D eigenvalue weighted by molar-refractivity contribution is -0.384. The number of ether oxygens (including phenoxy) is 1. The van der Waals surface area contributed by atoms with Gasteiger partial charge in [0.25, 0.3) is 5.69 Å². The molecule has 0 saturated carbocycles. The highest BCUT2D eigenvalue weighted by molar-refractivity contribution is 6.12. The van der Waals surface area contributed by atoms with E-state index in [9.17, 15) is 14.9 Å². The first kappa shape index (κ1) is 16.8. The second kappa shape index (κ2) is 6.25. The molecule has 0 N–H and O–H groups in total. The summed E-state index contributed by atoms with van der Waals surface area (Å²) in [5.74, 6) is 0.111. The molecule has 4 aromatic rings. The molecule has 1 aromatic heterocycles. The first-order valence-electron chi connectivity index (χ1n) is 8.43. The minimum absolute atomic E-state index is 0.0534. The minimum Gasteiger partial charge on any atom is -0.426 e. The van der Waals surface area contributed by atoms with Gasteiger partial charge < -0.3 is 9.30 Å². The van der Waals surface area contributed by atoms with Gasteiger partial charge in [0.05, 0.1) is 21.3 Å². The number of hydrogen-bond donors (Lipinski definition) is 0. The van der Waals surface area contributed by atoms with Crippen molar-refractivity contribution in [3.8, 4) is 11.4 Å². The van der Waals surface area contributed by atoms with Crippen molar-refractivity contribution >= 4 is 33.5 Å².